The summed E-state index contributed by atoms with van der Waals surface area (Å²) >= 11 is 0. The summed E-state index contributed by atoms with van der Waals surface area (Å²) in [6, 6.07) is 4.28. The van der Waals surface area contributed by atoms with Crippen molar-refractivity contribution in [3.05, 3.63) is 59.4 Å². The highest BCUT2D eigenvalue weighted by Crippen LogP contribution is 2.46. The Morgan fingerprint density at radius 3 is 2.57 bits per heavy atom. The molecule has 13 heteroatoms. The Morgan fingerprint density at radius 2 is 1.80 bits per heavy atom. The number of aryl methyl sites for hydroxylation is 1. The molecule has 1 unspecified atom stereocenters. The van der Waals surface area contributed by atoms with Gasteiger partial charge < -0.3 is 5.32 Å². The first-order chi connectivity index (χ1) is 21.2. The molecule has 44 heavy (non-hydrogen) atoms. The van der Waals surface area contributed by atoms with Crippen molar-refractivity contribution in [2.24, 2.45) is 13.0 Å². The second-order valence-corrected chi connectivity index (χ2v) is 12.3. The van der Waals surface area contributed by atoms with E-state index in [9.17, 15) is 23.6 Å². The van der Waals surface area contributed by atoms with Crippen molar-refractivity contribution >= 4 is 40.2 Å². The molecule has 2 aliphatic carbocycles. The quantitative estimate of drug-likeness (QED) is 0.309. The fourth-order valence-electron chi connectivity index (χ4n) is 6.65. The van der Waals surface area contributed by atoms with Crippen LogP contribution in [0.25, 0.3) is 22.2 Å². The van der Waals surface area contributed by atoms with Crippen LogP contribution in [0.2, 0.25) is 0 Å². The van der Waals surface area contributed by atoms with Crippen molar-refractivity contribution in [1.82, 2.24) is 34.8 Å². The fraction of sp³-hybridized carbons (Fsp3) is 0.387. The first-order valence-corrected chi connectivity index (χ1v) is 14.9. The Balaban J connectivity index is 0.940. The molecule has 2 aliphatic heterocycles. The van der Waals surface area contributed by atoms with E-state index in [1.807, 2.05) is 10.9 Å². The van der Waals surface area contributed by atoms with E-state index in [1.54, 1.807) is 36.1 Å². The lowest BCUT2D eigenvalue weighted by Crippen LogP contribution is -2.54. The van der Waals surface area contributed by atoms with E-state index in [-0.39, 0.29) is 30.0 Å². The third kappa shape index (κ3) is 4.28. The minimum Gasteiger partial charge on any atom is -0.385 e. The summed E-state index contributed by atoms with van der Waals surface area (Å²) in [7, 11) is 1.77. The lowest BCUT2D eigenvalue weighted by atomic mass is 9.80. The molecule has 4 aliphatic rings. The van der Waals surface area contributed by atoms with Gasteiger partial charge in [0.1, 0.15) is 17.3 Å². The zero-order valence-corrected chi connectivity index (χ0v) is 23.9. The largest absolute Gasteiger partial charge is 0.385 e. The molecule has 1 saturated heterocycles. The molecule has 0 radical (unpaired) electrons. The Hall–Kier alpha value is -4.94. The Bertz CT molecular complexity index is 1900. The highest BCUT2D eigenvalue weighted by Gasteiger charge is 2.44. The van der Waals surface area contributed by atoms with Gasteiger partial charge in [0.05, 0.1) is 34.4 Å². The van der Waals surface area contributed by atoms with Crippen molar-refractivity contribution in [2.45, 2.75) is 56.5 Å². The van der Waals surface area contributed by atoms with Gasteiger partial charge >= 0.3 is 0 Å². The average molecular weight is 597 g/mol. The Morgan fingerprint density at radius 1 is 1.00 bits per heavy atom. The van der Waals surface area contributed by atoms with Crippen molar-refractivity contribution in [1.29, 1.82) is 0 Å². The number of fused-ring (bicyclic) bond motifs is 2. The number of halogens is 1. The molecular formula is C31H29FN8O4. The molecule has 1 atom stereocenters. The predicted molar refractivity (Wildman–Crippen MR) is 155 cm³/mol. The van der Waals surface area contributed by atoms with Gasteiger partial charge in [0.25, 0.3) is 11.8 Å². The average Bonchev–Trinajstić information content (AvgIpc) is 3.53. The zero-order valence-electron chi connectivity index (χ0n) is 23.9. The van der Waals surface area contributed by atoms with Crippen LogP contribution in [-0.2, 0) is 16.6 Å². The van der Waals surface area contributed by atoms with Crippen LogP contribution in [0.4, 0.5) is 10.1 Å². The first kappa shape index (κ1) is 26.7. The minimum absolute atomic E-state index is 0.0813. The lowest BCUT2D eigenvalue weighted by Gasteiger charge is -2.35. The molecule has 4 aromatic rings. The van der Waals surface area contributed by atoms with Gasteiger partial charge in [-0.05, 0) is 56.2 Å². The maximum atomic E-state index is 14.4. The second-order valence-electron chi connectivity index (χ2n) is 12.3. The first-order valence-electron chi connectivity index (χ1n) is 14.9. The number of carbonyl (C=O) groups is 4. The summed E-state index contributed by atoms with van der Waals surface area (Å²) in [6.45, 7) is 0.686. The van der Waals surface area contributed by atoms with Crippen LogP contribution in [-0.4, -0.2) is 65.7 Å². The zero-order chi connectivity index (χ0) is 30.3. The molecule has 0 spiro atoms. The van der Waals surface area contributed by atoms with Gasteiger partial charge in [-0.1, -0.05) is 0 Å². The Kier molecular flexibility index (Phi) is 5.94. The van der Waals surface area contributed by atoms with Crippen molar-refractivity contribution < 1.29 is 23.6 Å². The molecule has 3 aromatic heterocycles. The highest BCUT2D eigenvalue weighted by atomic mass is 19.1. The molecule has 8 rings (SSSR count). The predicted octanol–water partition coefficient (Wildman–Crippen LogP) is 3.31. The smallest absolute Gasteiger partial charge is 0.262 e. The van der Waals surface area contributed by atoms with Gasteiger partial charge in [-0.25, -0.2) is 4.39 Å². The number of pyridine rings is 1. The van der Waals surface area contributed by atoms with Crippen LogP contribution < -0.4 is 10.6 Å². The maximum Gasteiger partial charge on any atom is 0.262 e. The number of carbonyl (C=O) groups excluding carboxylic acids is 4. The molecule has 3 fully saturated rings. The summed E-state index contributed by atoms with van der Waals surface area (Å²) in [5.74, 6) is -1.69. The molecule has 12 nitrogen and oxygen atoms in total. The molecule has 2 saturated carbocycles. The third-order valence-corrected chi connectivity index (χ3v) is 9.22. The maximum absolute atomic E-state index is 14.4. The van der Waals surface area contributed by atoms with E-state index in [4.69, 9.17) is 5.10 Å². The van der Waals surface area contributed by atoms with Crippen LogP contribution in [0.15, 0.2) is 36.8 Å². The van der Waals surface area contributed by atoms with Gasteiger partial charge in [-0.2, -0.15) is 10.2 Å². The van der Waals surface area contributed by atoms with Crippen LogP contribution in [0.3, 0.4) is 0 Å². The number of amides is 4. The minimum atomic E-state index is -0.986. The van der Waals surface area contributed by atoms with Gasteiger partial charge in [-0.15, -0.1) is 0 Å². The topological polar surface area (TPSA) is 144 Å². The number of benzene rings is 1. The third-order valence-electron chi connectivity index (χ3n) is 9.22. The number of rotatable bonds is 7. The number of imide groups is 2. The molecule has 2 N–H and O–H groups in total. The standard InChI is InChI=1S/C31H29FN8O4/c1-38-13-21-23(32)12-34-27(28(21)36-38)22-14-39(37-26(22)16-2-3-16)18-8-15(9-18)11-33-17-4-5-19-20(10-17)31(44)40(30(19)43)24-6-7-25(41)35-29(24)42/h4-5,10,12-16,18,24,33H,2-3,6-9,11H2,1H3,(H,35,41,42)/t15-,18-,24?. The summed E-state index contributed by atoms with van der Waals surface area (Å²) in [4.78, 5) is 55.4. The molecule has 224 valence electrons. The number of hydrogen-bond acceptors (Lipinski definition) is 8. The van der Waals surface area contributed by atoms with Gasteiger partial charge in [0, 0.05) is 49.6 Å². The molecule has 4 amide bonds. The van der Waals surface area contributed by atoms with E-state index in [2.05, 4.69) is 20.7 Å². The number of hydrogen-bond donors (Lipinski definition) is 2. The number of aromatic nitrogens is 5. The fourth-order valence-corrected chi connectivity index (χ4v) is 6.65. The SMILES string of the molecule is Cn1cc2c(F)cnc(-c3cn([C@H]4C[C@H](CNc5ccc6c(c5)C(=O)N(C5CCC(=O)NC5=O)C6=O)C4)nc3C3CC3)c2n1. The summed E-state index contributed by atoms with van der Waals surface area (Å²) in [5, 5.41) is 15.5. The number of nitrogens with zero attached hydrogens (tertiary/aromatic N) is 6. The monoisotopic (exact) mass is 596 g/mol. The molecule has 0 bridgehead atoms. The number of piperidine rings is 1. The summed E-state index contributed by atoms with van der Waals surface area (Å²) < 4.78 is 18.1. The summed E-state index contributed by atoms with van der Waals surface area (Å²) in [5.41, 5.74) is 4.35. The van der Waals surface area contributed by atoms with Crippen molar-refractivity contribution in [3.63, 3.8) is 0 Å². The van der Waals surface area contributed by atoms with E-state index < -0.39 is 35.5 Å². The van der Waals surface area contributed by atoms with Crippen molar-refractivity contribution in [2.75, 3.05) is 11.9 Å². The molecule has 5 heterocycles. The second kappa shape index (κ2) is 9.79. The Labute approximate surface area is 250 Å². The van der Waals surface area contributed by atoms with E-state index in [0.29, 0.717) is 35.0 Å². The molecule has 1 aromatic carbocycles. The normalized spacial score (nSPS) is 23.2. The lowest BCUT2D eigenvalue weighted by molar-refractivity contribution is -0.136. The number of nitrogens with one attached hydrogen (secondary N) is 2. The highest BCUT2D eigenvalue weighted by molar-refractivity contribution is 6.23. The van der Waals surface area contributed by atoms with Gasteiger partial charge in [0.2, 0.25) is 11.8 Å². The van der Waals surface area contributed by atoms with Crippen LogP contribution in [0.5, 0.6) is 0 Å². The van der Waals surface area contributed by atoms with Crippen LogP contribution in [0, 0.1) is 11.7 Å². The van der Waals surface area contributed by atoms with E-state index >= 15 is 0 Å². The van der Waals surface area contributed by atoms with Crippen LogP contribution >= 0.6 is 0 Å². The van der Waals surface area contributed by atoms with Gasteiger partial charge in [-0.3, -0.25) is 43.7 Å². The van der Waals surface area contributed by atoms with Crippen LogP contribution in [0.1, 0.15) is 76.9 Å². The van der Waals surface area contributed by atoms with Crippen molar-refractivity contribution in [3.8, 4) is 11.3 Å². The molecular weight excluding hydrogens is 567 g/mol. The number of anilines is 1. The van der Waals surface area contributed by atoms with E-state index in [1.165, 1.54) is 6.20 Å². The van der Waals surface area contributed by atoms with E-state index in [0.717, 1.165) is 47.5 Å². The summed E-state index contributed by atoms with van der Waals surface area (Å²) in [6.07, 6.45) is 9.15. The van der Waals surface area contributed by atoms with Gasteiger partial charge in [0.15, 0.2) is 5.82 Å².